The average molecular weight is 358 g/mol. The number of alkyl halides is 6. The summed E-state index contributed by atoms with van der Waals surface area (Å²) in [6.07, 6.45) is -9.38. The van der Waals surface area contributed by atoms with Crippen molar-refractivity contribution >= 4 is 16.7 Å². The van der Waals surface area contributed by atoms with Gasteiger partial charge in [-0.15, -0.1) is 5.10 Å². The van der Waals surface area contributed by atoms with Crippen LogP contribution in [-0.4, -0.2) is 30.9 Å². The van der Waals surface area contributed by atoms with Crippen LogP contribution in [0.5, 0.6) is 0 Å². The van der Waals surface area contributed by atoms with E-state index in [1.54, 1.807) is 0 Å². The number of nitrogens with two attached hydrogens (primary N) is 1. The fourth-order valence-electron chi connectivity index (χ4n) is 1.61. The number of benzene rings is 1. The van der Waals surface area contributed by atoms with E-state index in [4.69, 9.17) is 5.73 Å². The lowest BCUT2D eigenvalue weighted by molar-refractivity contribution is -0.144. The van der Waals surface area contributed by atoms with Crippen molar-refractivity contribution in [2.45, 2.75) is 17.2 Å². The molecule has 0 aliphatic rings. The van der Waals surface area contributed by atoms with Crippen LogP contribution < -0.4 is 5.73 Å². The van der Waals surface area contributed by atoms with Gasteiger partial charge in [-0.2, -0.15) is 36.0 Å². The summed E-state index contributed by atoms with van der Waals surface area (Å²) in [5.74, 6) is -3.50. The van der Waals surface area contributed by atoms with Crippen LogP contribution in [0, 0.1) is 0 Å². The van der Waals surface area contributed by atoms with Crippen molar-refractivity contribution in [2.24, 2.45) is 0 Å². The monoisotopic (exact) mass is 358 g/mol. The van der Waals surface area contributed by atoms with Gasteiger partial charge in [-0.05, 0) is 24.3 Å². The Balaban J connectivity index is 2.27. The fraction of sp³-hybridized carbons (Fsp3) is 0.273. The molecule has 0 saturated heterocycles. The van der Waals surface area contributed by atoms with E-state index in [1.807, 2.05) is 0 Å². The van der Waals surface area contributed by atoms with Crippen LogP contribution in [-0.2, 0) is 17.0 Å². The minimum atomic E-state index is -4.78. The molecule has 1 aromatic heterocycles. The van der Waals surface area contributed by atoms with E-state index in [1.165, 1.54) is 0 Å². The molecule has 0 saturated carbocycles. The number of hydrogen-bond donors (Lipinski definition) is 1. The molecule has 0 amide bonds. The molecule has 1 atom stereocenters. The average Bonchev–Trinajstić information content (AvgIpc) is 2.79. The standard InChI is InChI=1S/C11H8F6N4OS/c12-10(13,14)5-23(22)7-3-1-6(2-4-7)21-9(18)19-8(20-21)11(15,16)17/h1-4H,5H2,(H2,18,19,20)/t23-/m1/s1. The number of rotatable bonds is 3. The van der Waals surface area contributed by atoms with Gasteiger partial charge in [0.05, 0.1) is 16.5 Å². The maximum absolute atomic E-state index is 12.5. The van der Waals surface area contributed by atoms with Gasteiger partial charge < -0.3 is 5.73 Å². The van der Waals surface area contributed by atoms with E-state index < -0.39 is 40.7 Å². The third kappa shape index (κ3) is 4.21. The van der Waals surface area contributed by atoms with Crippen molar-refractivity contribution in [1.29, 1.82) is 0 Å². The fourth-order valence-corrected chi connectivity index (χ4v) is 2.51. The third-order valence-electron chi connectivity index (χ3n) is 2.52. The molecule has 1 aromatic carbocycles. The Morgan fingerprint density at radius 3 is 2.09 bits per heavy atom. The Hall–Kier alpha value is -2.11. The summed E-state index contributed by atoms with van der Waals surface area (Å²) in [5, 5.41) is 3.18. The van der Waals surface area contributed by atoms with Crippen molar-refractivity contribution in [3.63, 3.8) is 0 Å². The Bertz CT molecular complexity index is 722. The second-order valence-electron chi connectivity index (χ2n) is 4.30. The zero-order chi connectivity index (χ0) is 17.4. The molecule has 0 unspecified atom stereocenters. The van der Waals surface area contributed by atoms with Crippen molar-refractivity contribution in [1.82, 2.24) is 14.8 Å². The molecule has 23 heavy (non-hydrogen) atoms. The van der Waals surface area contributed by atoms with Crippen molar-refractivity contribution < 1.29 is 30.6 Å². The number of nitrogens with zero attached hydrogens (tertiary/aromatic N) is 3. The summed E-state index contributed by atoms with van der Waals surface area (Å²) in [7, 11) is -2.31. The molecule has 126 valence electrons. The van der Waals surface area contributed by atoms with Crippen LogP contribution in [0.4, 0.5) is 32.3 Å². The zero-order valence-corrected chi connectivity index (χ0v) is 11.8. The van der Waals surface area contributed by atoms with Crippen LogP contribution >= 0.6 is 0 Å². The third-order valence-corrected chi connectivity index (χ3v) is 3.91. The first-order chi connectivity index (χ1) is 10.5. The number of anilines is 1. The zero-order valence-electron chi connectivity index (χ0n) is 11.0. The summed E-state index contributed by atoms with van der Waals surface area (Å²) in [6, 6.07) is 4.47. The highest BCUT2D eigenvalue weighted by Gasteiger charge is 2.37. The summed E-state index contributed by atoms with van der Waals surface area (Å²) >= 11 is 0. The van der Waals surface area contributed by atoms with Gasteiger partial charge in [0.2, 0.25) is 5.95 Å². The molecule has 0 bridgehead atoms. The highest BCUT2D eigenvalue weighted by Crippen LogP contribution is 2.28. The van der Waals surface area contributed by atoms with Crippen molar-refractivity contribution in [2.75, 3.05) is 11.5 Å². The summed E-state index contributed by atoms with van der Waals surface area (Å²) in [4.78, 5) is 2.94. The lowest BCUT2D eigenvalue weighted by atomic mass is 10.3. The lowest BCUT2D eigenvalue weighted by Crippen LogP contribution is -2.18. The highest BCUT2D eigenvalue weighted by atomic mass is 32.2. The first-order valence-corrected chi connectivity index (χ1v) is 7.14. The second-order valence-corrected chi connectivity index (χ2v) is 5.75. The molecule has 5 nitrogen and oxygen atoms in total. The number of hydrogen-bond acceptors (Lipinski definition) is 4. The first kappa shape index (κ1) is 17.2. The van der Waals surface area contributed by atoms with Crippen molar-refractivity contribution in [3.8, 4) is 5.69 Å². The van der Waals surface area contributed by atoms with Crippen LogP contribution in [0.2, 0.25) is 0 Å². The SMILES string of the molecule is Nc1nc(C(F)(F)F)nn1-c1ccc([S@](=O)CC(F)(F)F)cc1. The molecule has 2 rings (SSSR count). The molecule has 0 radical (unpaired) electrons. The van der Waals surface area contributed by atoms with Gasteiger partial charge in [0, 0.05) is 4.90 Å². The van der Waals surface area contributed by atoms with Gasteiger partial charge in [-0.1, -0.05) is 0 Å². The van der Waals surface area contributed by atoms with Crippen LogP contribution in [0.25, 0.3) is 5.69 Å². The normalized spacial score (nSPS) is 14.0. The van der Waals surface area contributed by atoms with Gasteiger partial charge in [-0.25, -0.2) is 0 Å². The van der Waals surface area contributed by atoms with Gasteiger partial charge in [0.15, 0.2) is 0 Å². The predicted octanol–water partition coefficient (Wildman–Crippen LogP) is 2.54. The second kappa shape index (κ2) is 5.83. The van der Waals surface area contributed by atoms with Gasteiger partial charge >= 0.3 is 12.4 Å². The Labute approximate surface area is 127 Å². The van der Waals surface area contributed by atoms with E-state index in [0.29, 0.717) is 4.68 Å². The largest absolute Gasteiger partial charge is 0.453 e. The van der Waals surface area contributed by atoms with E-state index in [-0.39, 0.29) is 10.6 Å². The Morgan fingerprint density at radius 1 is 1.09 bits per heavy atom. The Kier molecular flexibility index (Phi) is 4.37. The summed E-state index contributed by atoms with van der Waals surface area (Å²) in [6.45, 7) is 0. The van der Waals surface area contributed by atoms with Gasteiger partial charge in [-0.3, -0.25) is 4.21 Å². The summed E-state index contributed by atoms with van der Waals surface area (Å²) < 4.78 is 86.1. The molecule has 2 N–H and O–H groups in total. The molecule has 1 heterocycles. The van der Waals surface area contributed by atoms with Gasteiger partial charge in [0.25, 0.3) is 5.82 Å². The van der Waals surface area contributed by atoms with E-state index in [0.717, 1.165) is 24.3 Å². The minimum Gasteiger partial charge on any atom is -0.368 e. The van der Waals surface area contributed by atoms with E-state index >= 15 is 0 Å². The molecule has 0 fully saturated rings. The quantitative estimate of drug-likeness (QED) is 0.856. The number of halogens is 6. The minimum absolute atomic E-state index is 0.0401. The summed E-state index contributed by atoms with van der Waals surface area (Å²) in [5.41, 5.74) is 5.37. The van der Waals surface area contributed by atoms with Crippen LogP contribution in [0.3, 0.4) is 0 Å². The van der Waals surface area contributed by atoms with Crippen molar-refractivity contribution in [3.05, 3.63) is 30.1 Å². The predicted molar refractivity (Wildman–Crippen MR) is 68.1 cm³/mol. The molecule has 0 aliphatic heterocycles. The molecule has 0 aliphatic carbocycles. The molecule has 0 spiro atoms. The molecule has 12 heteroatoms. The molecule has 2 aromatic rings. The topological polar surface area (TPSA) is 73.8 Å². The number of nitrogen functional groups attached to an aromatic ring is 1. The van der Waals surface area contributed by atoms with Gasteiger partial charge in [0.1, 0.15) is 5.75 Å². The maximum atomic E-state index is 12.5. The Morgan fingerprint density at radius 2 is 1.65 bits per heavy atom. The number of aromatic nitrogens is 3. The first-order valence-electron chi connectivity index (χ1n) is 5.82. The van der Waals surface area contributed by atoms with E-state index in [2.05, 4.69) is 10.1 Å². The lowest BCUT2D eigenvalue weighted by Gasteiger charge is -2.07. The maximum Gasteiger partial charge on any atom is 0.453 e. The smallest absolute Gasteiger partial charge is 0.368 e. The molecular formula is C11H8F6N4OS. The van der Waals surface area contributed by atoms with E-state index in [9.17, 15) is 30.6 Å². The van der Waals surface area contributed by atoms with Crippen LogP contribution in [0.15, 0.2) is 29.2 Å². The molecular weight excluding hydrogens is 350 g/mol. The highest BCUT2D eigenvalue weighted by molar-refractivity contribution is 7.85. The van der Waals surface area contributed by atoms with Crippen LogP contribution in [0.1, 0.15) is 5.82 Å².